The van der Waals surface area contributed by atoms with Crippen LogP contribution in [0.2, 0.25) is 0 Å². The summed E-state index contributed by atoms with van der Waals surface area (Å²) >= 11 is 0. The van der Waals surface area contributed by atoms with E-state index in [0.29, 0.717) is 13.2 Å². The number of rotatable bonds is 7. The predicted molar refractivity (Wildman–Crippen MR) is 60.8 cm³/mol. The van der Waals surface area contributed by atoms with E-state index in [1.807, 2.05) is 0 Å². The maximum Gasteiger partial charge on any atom is 0.328 e. The molecule has 0 aromatic heterocycles. The van der Waals surface area contributed by atoms with E-state index in [4.69, 9.17) is 14.9 Å². The highest BCUT2D eigenvalue weighted by atomic mass is 16.5. The average Bonchev–Trinajstić information content (AvgIpc) is 2.26. The number of hydrogen-bond acceptors (Lipinski definition) is 4. The number of carboxylic acids is 1. The summed E-state index contributed by atoms with van der Waals surface area (Å²) in [5.41, 5.74) is 0. The Balaban J connectivity index is 4.48. The quantitative estimate of drug-likeness (QED) is 0.564. The molecule has 0 saturated carbocycles. The maximum absolute atomic E-state index is 11.7. The Morgan fingerprint density at radius 1 is 1.47 bits per heavy atom. The van der Waals surface area contributed by atoms with Crippen LogP contribution in [0.1, 0.15) is 13.8 Å². The Hall–Kier alpha value is -1.34. The van der Waals surface area contributed by atoms with Crippen molar-refractivity contribution >= 4 is 12.0 Å². The lowest BCUT2D eigenvalue weighted by Crippen LogP contribution is -2.52. The predicted octanol–water partition coefficient (Wildman–Crippen LogP) is -0.502. The molecule has 0 aliphatic heterocycles. The molecule has 1 unspecified atom stereocenters. The third-order valence-corrected chi connectivity index (χ3v) is 2.32. The zero-order chi connectivity index (χ0) is 13.4. The molecule has 2 atom stereocenters. The van der Waals surface area contributed by atoms with Crippen molar-refractivity contribution < 1.29 is 24.5 Å². The van der Waals surface area contributed by atoms with Gasteiger partial charge in [-0.15, -0.1) is 0 Å². The second kappa shape index (κ2) is 7.86. The lowest BCUT2D eigenvalue weighted by molar-refractivity contribution is -0.140. The third kappa shape index (κ3) is 5.01. The molecule has 0 rings (SSSR count). The minimum absolute atomic E-state index is 0.168. The molecule has 7 heteroatoms. The molecule has 0 fully saturated rings. The summed E-state index contributed by atoms with van der Waals surface area (Å²) in [6.07, 6.45) is 0. The molecule has 0 spiro atoms. The summed E-state index contributed by atoms with van der Waals surface area (Å²) in [6.45, 7) is 3.71. The second-order valence-corrected chi connectivity index (χ2v) is 3.61. The molecule has 0 aliphatic carbocycles. The fourth-order valence-corrected chi connectivity index (χ4v) is 1.40. The number of carboxylic acid groups (broad SMARTS) is 1. The molecule has 0 heterocycles. The summed E-state index contributed by atoms with van der Waals surface area (Å²) in [5.74, 6) is -1.27. The molecule has 2 amide bonds. The fraction of sp³-hybridized carbons (Fsp3) is 0.800. The second-order valence-electron chi connectivity index (χ2n) is 3.61. The molecule has 0 aromatic carbocycles. The molecule has 0 radical (unpaired) electrons. The number of ether oxygens (including phenoxy) is 1. The zero-order valence-corrected chi connectivity index (χ0v) is 10.3. The topological polar surface area (TPSA) is 99.1 Å². The average molecular weight is 248 g/mol. The van der Waals surface area contributed by atoms with Gasteiger partial charge in [0.25, 0.3) is 0 Å². The van der Waals surface area contributed by atoms with E-state index in [1.165, 1.54) is 12.0 Å². The van der Waals surface area contributed by atoms with Crippen molar-refractivity contribution in [1.29, 1.82) is 0 Å². The number of hydrogen-bond donors (Lipinski definition) is 3. The van der Waals surface area contributed by atoms with Crippen molar-refractivity contribution in [2.75, 3.05) is 26.9 Å². The molecule has 17 heavy (non-hydrogen) atoms. The number of aliphatic carboxylic acids is 1. The zero-order valence-electron chi connectivity index (χ0n) is 10.3. The highest BCUT2D eigenvalue weighted by Gasteiger charge is 2.24. The van der Waals surface area contributed by atoms with E-state index in [2.05, 4.69) is 5.32 Å². The highest BCUT2D eigenvalue weighted by Crippen LogP contribution is 2.00. The van der Waals surface area contributed by atoms with Crippen LogP contribution in [-0.4, -0.2) is 66.1 Å². The van der Waals surface area contributed by atoms with E-state index in [9.17, 15) is 9.59 Å². The van der Waals surface area contributed by atoms with Gasteiger partial charge in [0, 0.05) is 13.7 Å². The maximum atomic E-state index is 11.7. The van der Waals surface area contributed by atoms with Crippen molar-refractivity contribution in [3.63, 3.8) is 0 Å². The number of urea groups is 1. The minimum Gasteiger partial charge on any atom is -0.480 e. The van der Waals surface area contributed by atoms with Gasteiger partial charge in [0.1, 0.15) is 0 Å². The van der Waals surface area contributed by atoms with E-state index >= 15 is 0 Å². The Kier molecular flexibility index (Phi) is 7.24. The first kappa shape index (κ1) is 15.7. The summed E-state index contributed by atoms with van der Waals surface area (Å²) in [6, 6.07) is -1.98. The first-order chi connectivity index (χ1) is 7.97. The van der Waals surface area contributed by atoms with Gasteiger partial charge in [-0.25, -0.2) is 9.59 Å². The van der Waals surface area contributed by atoms with Crippen molar-refractivity contribution in [2.24, 2.45) is 0 Å². The van der Waals surface area contributed by atoms with Crippen LogP contribution >= 0.6 is 0 Å². The van der Waals surface area contributed by atoms with Gasteiger partial charge in [0.2, 0.25) is 0 Å². The molecule has 100 valence electrons. The number of aliphatic hydroxyl groups is 1. The normalized spacial score (nSPS) is 13.9. The Morgan fingerprint density at radius 2 is 2.06 bits per heavy atom. The van der Waals surface area contributed by atoms with E-state index in [0.717, 1.165) is 0 Å². The number of methoxy groups -OCH3 is 1. The van der Waals surface area contributed by atoms with Crippen LogP contribution in [0.3, 0.4) is 0 Å². The number of nitrogens with one attached hydrogen (secondary N) is 1. The molecule has 0 aliphatic rings. The van der Waals surface area contributed by atoms with Gasteiger partial charge in [-0.3, -0.25) is 0 Å². The summed E-state index contributed by atoms with van der Waals surface area (Å²) in [4.78, 5) is 23.8. The fourth-order valence-electron chi connectivity index (χ4n) is 1.40. The first-order valence-electron chi connectivity index (χ1n) is 5.37. The van der Waals surface area contributed by atoms with Gasteiger partial charge >= 0.3 is 12.0 Å². The van der Waals surface area contributed by atoms with Gasteiger partial charge in [0.15, 0.2) is 6.04 Å². The van der Waals surface area contributed by atoms with E-state index < -0.39 is 24.6 Å². The van der Waals surface area contributed by atoms with Crippen LogP contribution in [0.4, 0.5) is 4.79 Å². The standard InChI is InChI=1S/C10H20N2O5/c1-4-12(7(2)6-17-3)10(16)11-8(5-13)9(14)15/h7-8,13H,4-6H2,1-3H3,(H,11,16)(H,14,15)/t7?,8-/m1/s1. The molecular formula is C10H20N2O5. The monoisotopic (exact) mass is 248 g/mol. The number of carbonyl (C=O) groups is 2. The minimum atomic E-state index is -1.29. The van der Waals surface area contributed by atoms with Crippen molar-refractivity contribution in [3.8, 4) is 0 Å². The summed E-state index contributed by atoms with van der Waals surface area (Å²) in [7, 11) is 1.52. The van der Waals surface area contributed by atoms with Crippen LogP contribution in [0, 0.1) is 0 Å². The molecule has 0 aromatic rings. The van der Waals surface area contributed by atoms with Gasteiger partial charge in [-0.2, -0.15) is 0 Å². The van der Waals surface area contributed by atoms with Gasteiger partial charge in [-0.05, 0) is 13.8 Å². The van der Waals surface area contributed by atoms with Crippen LogP contribution in [0.15, 0.2) is 0 Å². The smallest absolute Gasteiger partial charge is 0.328 e. The molecular weight excluding hydrogens is 228 g/mol. The van der Waals surface area contributed by atoms with E-state index in [-0.39, 0.29) is 6.04 Å². The van der Waals surface area contributed by atoms with Crippen LogP contribution < -0.4 is 5.32 Å². The Morgan fingerprint density at radius 3 is 2.41 bits per heavy atom. The van der Waals surface area contributed by atoms with Crippen LogP contribution in [0.25, 0.3) is 0 Å². The number of carbonyl (C=O) groups excluding carboxylic acids is 1. The largest absolute Gasteiger partial charge is 0.480 e. The SMILES string of the molecule is CCN(C(=O)N[C@H](CO)C(=O)O)C(C)COC. The third-order valence-electron chi connectivity index (χ3n) is 2.32. The van der Waals surface area contributed by atoms with Crippen LogP contribution in [-0.2, 0) is 9.53 Å². The highest BCUT2D eigenvalue weighted by molar-refractivity contribution is 5.82. The number of aliphatic hydroxyl groups excluding tert-OH is 1. The number of amides is 2. The molecule has 0 saturated heterocycles. The Labute approximate surface area is 100 Å². The summed E-state index contributed by atoms with van der Waals surface area (Å²) < 4.78 is 4.93. The van der Waals surface area contributed by atoms with Crippen LogP contribution in [0.5, 0.6) is 0 Å². The lowest BCUT2D eigenvalue weighted by atomic mass is 10.3. The lowest BCUT2D eigenvalue weighted by Gasteiger charge is -2.28. The van der Waals surface area contributed by atoms with E-state index in [1.54, 1.807) is 13.8 Å². The Bertz CT molecular complexity index is 259. The van der Waals surface area contributed by atoms with Crippen molar-refractivity contribution in [3.05, 3.63) is 0 Å². The van der Waals surface area contributed by atoms with Crippen molar-refractivity contribution in [1.82, 2.24) is 10.2 Å². The number of likely N-dealkylation sites (N-methyl/N-ethyl adjacent to an activating group) is 1. The van der Waals surface area contributed by atoms with Crippen molar-refractivity contribution in [2.45, 2.75) is 25.9 Å². The molecule has 0 bridgehead atoms. The number of nitrogens with zero attached hydrogens (tertiary/aromatic N) is 1. The molecule has 7 nitrogen and oxygen atoms in total. The van der Waals surface area contributed by atoms with Gasteiger partial charge in [0.05, 0.1) is 19.3 Å². The van der Waals surface area contributed by atoms with Gasteiger partial charge in [-0.1, -0.05) is 0 Å². The first-order valence-corrected chi connectivity index (χ1v) is 5.37. The summed E-state index contributed by atoms with van der Waals surface area (Å²) in [5, 5.41) is 19.7. The van der Waals surface area contributed by atoms with Gasteiger partial charge < -0.3 is 25.2 Å². The molecule has 3 N–H and O–H groups in total.